The zero-order valence-corrected chi connectivity index (χ0v) is 19.1. The second-order valence-corrected chi connectivity index (χ2v) is 7.84. The summed E-state index contributed by atoms with van der Waals surface area (Å²) in [4.78, 5) is 6.77. The smallest absolute Gasteiger partial charge is 0.191 e. The van der Waals surface area contributed by atoms with Crippen LogP contribution < -0.4 is 10.6 Å². The highest BCUT2D eigenvalue weighted by molar-refractivity contribution is 5.79. The van der Waals surface area contributed by atoms with Gasteiger partial charge < -0.3 is 20.1 Å². The number of halogens is 1. The molecule has 2 aromatic rings. The van der Waals surface area contributed by atoms with Crippen LogP contribution in [-0.4, -0.2) is 57.4 Å². The third kappa shape index (κ3) is 7.29. The molecule has 0 radical (unpaired) electrons. The topological polar surface area (TPSA) is 58.1 Å². The molecule has 3 rings (SSSR count). The molecule has 0 spiro atoms. The van der Waals surface area contributed by atoms with Gasteiger partial charge in [0.15, 0.2) is 5.96 Å². The predicted molar refractivity (Wildman–Crippen MR) is 126 cm³/mol. The molecular weight excluding hydrogens is 407 g/mol. The molecule has 1 atom stereocenters. The molecule has 0 aliphatic carbocycles. The number of ether oxygens (including phenoxy) is 2. The zero-order chi connectivity index (χ0) is 22.6. The number of nitrogens with one attached hydrogen (secondary N) is 2. The Bertz CT molecular complexity index is 838. The monoisotopic (exact) mass is 442 g/mol. The molecule has 0 amide bonds. The van der Waals surface area contributed by atoms with E-state index in [1.807, 2.05) is 24.3 Å². The molecule has 0 aromatic heterocycles. The first-order valence-corrected chi connectivity index (χ1v) is 11.4. The summed E-state index contributed by atoms with van der Waals surface area (Å²) in [6.45, 7) is 7.92. The molecular formula is C25H35FN4O2. The fourth-order valence-corrected chi connectivity index (χ4v) is 3.82. The Morgan fingerprint density at radius 2 is 1.81 bits per heavy atom. The molecule has 6 nitrogen and oxygen atoms in total. The Morgan fingerprint density at radius 1 is 1.09 bits per heavy atom. The number of guanidine groups is 1. The maximum atomic E-state index is 13.5. The third-order valence-electron chi connectivity index (χ3n) is 5.60. The number of benzene rings is 2. The van der Waals surface area contributed by atoms with E-state index < -0.39 is 0 Å². The average Bonchev–Trinajstić information content (AvgIpc) is 2.84. The van der Waals surface area contributed by atoms with E-state index in [-0.39, 0.29) is 11.9 Å². The Labute approximate surface area is 190 Å². The molecule has 1 unspecified atom stereocenters. The fraction of sp³-hybridized carbons (Fsp3) is 0.480. The Morgan fingerprint density at radius 3 is 2.50 bits per heavy atom. The molecule has 1 saturated heterocycles. The second kappa shape index (κ2) is 13.2. The van der Waals surface area contributed by atoms with Gasteiger partial charge in [-0.1, -0.05) is 43.3 Å². The van der Waals surface area contributed by atoms with E-state index in [0.29, 0.717) is 32.9 Å². The van der Waals surface area contributed by atoms with Crippen molar-refractivity contribution in [1.29, 1.82) is 0 Å². The Hall–Kier alpha value is -2.48. The first-order valence-electron chi connectivity index (χ1n) is 11.4. The minimum Gasteiger partial charge on any atom is -0.379 e. The van der Waals surface area contributed by atoms with Gasteiger partial charge in [0.2, 0.25) is 0 Å². The van der Waals surface area contributed by atoms with Crippen molar-refractivity contribution in [1.82, 2.24) is 15.5 Å². The summed E-state index contributed by atoms with van der Waals surface area (Å²) in [7, 11) is 1.77. The number of hydrogen-bond donors (Lipinski definition) is 2. The van der Waals surface area contributed by atoms with Crippen molar-refractivity contribution in [2.45, 2.75) is 32.5 Å². The summed E-state index contributed by atoms with van der Waals surface area (Å²) in [5, 5.41) is 6.87. The lowest BCUT2D eigenvalue weighted by Gasteiger charge is -2.35. The highest BCUT2D eigenvalue weighted by Crippen LogP contribution is 2.21. The lowest BCUT2D eigenvalue weighted by Crippen LogP contribution is -2.46. The summed E-state index contributed by atoms with van der Waals surface area (Å²) in [6.07, 6.45) is 1.01. The Kier molecular flexibility index (Phi) is 9.94. The third-order valence-corrected chi connectivity index (χ3v) is 5.60. The highest BCUT2D eigenvalue weighted by Gasteiger charge is 2.23. The van der Waals surface area contributed by atoms with E-state index in [0.717, 1.165) is 37.6 Å². The highest BCUT2D eigenvalue weighted by atomic mass is 19.1. The molecule has 2 aromatic carbocycles. The number of rotatable bonds is 10. The number of morpholine rings is 1. The normalized spacial score (nSPS) is 16.0. The maximum Gasteiger partial charge on any atom is 0.191 e. The molecule has 1 heterocycles. The molecule has 7 heteroatoms. The SMILES string of the molecule is CCCOCc1ccccc1CNC(=NC)NCC(c1ccc(F)cc1)N1CCOCC1. The summed E-state index contributed by atoms with van der Waals surface area (Å²) in [5.41, 5.74) is 3.45. The van der Waals surface area contributed by atoms with E-state index in [1.54, 1.807) is 7.05 Å². The second-order valence-electron chi connectivity index (χ2n) is 7.84. The van der Waals surface area contributed by atoms with Crippen molar-refractivity contribution in [3.63, 3.8) is 0 Å². The van der Waals surface area contributed by atoms with Gasteiger partial charge in [-0.3, -0.25) is 9.89 Å². The molecule has 1 fully saturated rings. The molecule has 1 aliphatic heterocycles. The first kappa shape index (κ1) is 24.2. The van der Waals surface area contributed by atoms with Crippen LogP contribution in [0.25, 0.3) is 0 Å². The first-order chi connectivity index (χ1) is 15.7. The van der Waals surface area contributed by atoms with Crippen molar-refractivity contribution in [3.8, 4) is 0 Å². The van der Waals surface area contributed by atoms with Crippen molar-refractivity contribution >= 4 is 5.96 Å². The van der Waals surface area contributed by atoms with Crippen LogP contribution >= 0.6 is 0 Å². The van der Waals surface area contributed by atoms with Gasteiger partial charge in [-0.25, -0.2) is 4.39 Å². The minimum atomic E-state index is -0.221. The summed E-state index contributed by atoms with van der Waals surface area (Å²) >= 11 is 0. The van der Waals surface area contributed by atoms with Crippen LogP contribution in [-0.2, 0) is 22.6 Å². The summed E-state index contributed by atoms with van der Waals surface area (Å²) in [5.74, 6) is 0.510. The molecule has 1 aliphatic rings. The van der Waals surface area contributed by atoms with E-state index in [2.05, 4.69) is 39.6 Å². The summed E-state index contributed by atoms with van der Waals surface area (Å²) in [6, 6.07) is 15.2. The molecule has 32 heavy (non-hydrogen) atoms. The average molecular weight is 443 g/mol. The van der Waals surface area contributed by atoms with Crippen LogP contribution in [0.5, 0.6) is 0 Å². The molecule has 2 N–H and O–H groups in total. The van der Waals surface area contributed by atoms with Crippen LogP contribution in [0.4, 0.5) is 4.39 Å². The van der Waals surface area contributed by atoms with Crippen LogP contribution in [0.3, 0.4) is 0 Å². The standard InChI is InChI=1S/C25H35FN4O2/c1-3-14-32-19-22-7-5-4-6-21(22)17-28-25(27-2)29-18-24(30-12-15-31-16-13-30)20-8-10-23(26)11-9-20/h4-11,24H,3,12-19H2,1-2H3,(H2,27,28,29). The van der Waals surface area contributed by atoms with Gasteiger partial charge >= 0.3 is 0 Å². The van der Waals surface area contributed by atoms with Gasteiger partial charge in [0, 0.05) is 39.8 Å². The van der Waals surface area contributed by atoms with Gasteiger partial charge in [-0.15, -0.1) is 0 Å². The van der Waals surface area contributed by atoms with Crippen LogP contribution in [0.2, 0.25) is 0 Å². The van der Waals surface area contributed by atoms with Gasteiger partial charge in [-0.2, -0.15) is 0 Å². The van der Waals surface area contributed by atoms with Crippen LogP contribution in [0, 0.1) is 5.82 Å². The van der Waals surface area contributed by atoms with Gasteiger partial charge in [0.05, 0.1) is 25.9 Å². The van der Waals surface area contributed by atoms with Crippen molar-refractivity contribution < 1.29 is 13.9 Å². The van der Waals surface area contributed by atoms with E-state index >= 15 is 0 Å². The zero-order valence-electron chi connectivity index (χ0n) is 19.1. The largest absolute Gasteiger partial charge is 0.379 e. The maximum absolute atomic E-state index is 13.5. The number of aliphatic imine (C=N–C) groups is 1. The lowest BCUT2D eigenvalue weighted by atomic mass is 10.0. The van der Waals surface area contributed by atoms with Crippen molar-refractivity contribution in [3.05, 3.63) is 71.0 Å². The van der Waals surface area contributed by atoms with Crippen LogP contribution in [0.1, 0.15) is 36.1 Å². The number of nitrogens with zero attached hydrogens (tertiary/aromatic N) is 2. The van der Waals surface area contributed by atoms with E-state index in [9.17, 15) is 4.39 Å². The van der Waals surface area contributed by atoms with E-state index in [1.165, 1.54) is 23.3 Å². The van der Waals surface area contributed by atoms with Gasteiger partial charge in [0.1, 0.15) is 5.82 Å². The van der Waals surface area contributed by atoms with Gasteiger partial charge in [0.25, 0.3) is 0 Å². The fourth-order valence-electron chi connectivity index (χ4n) is 3.82. The molecule has 0 bridgehead atoms. The van der Waals surface area contributed by atoms with Crippen LogP contribution in [0.15, 0.2) is 53.5 Å². The minimum absolute atomic E-state index is 0.104. The van der Waals surface area contributed by atoms with E-state index in [4.69, 9.17) is 9.47 Å². The number of hydrogen-bond acceptors (Lipinski definition) is 4. The van der Waals surface area contributed by atoms with Crippen molar-refractivity contribution in [2.24, 2.45) is 4.99 Å². The summed E-state index contributed by atoms with van der Waals surface area (Å²) < 4.78 is 24.7. The Balaban J connectivity index is 1.61. The molecule has 174 valence electrons. The van der Waals surface area contributed by atoms with Gasteiger partial charge in [-0.05, 0) is 35.2 Å². The quantitative estimate of drug-likeness (QED) is 0.335. The lowest BCUT2D eigenvalue weighted by molar-refractivity contribution is 0.0170. The molecule has 0 saturated carbocycles. The predicted octanol–water partition coefficient (Wildman–Crippen LogP) is 3.49. The van der Waals surface area contributed by atoms with Crippen molar-refractivity contribution in [2.75, 3.05) is 46.5 Å².